The Hall–Kier alpha value is -1.66. The number of benzene rings is 1. The molecule has 1 aromatic carbocycles. The largest absolute Gasteiger partial charge is 0.447 e. The molecular formula is C21H33NO4Si. The van der Waals surface area contributed by atoms with E-state index in [-0.39, 0.29) is 35.9 Å². The topological polar surface area (TPSA) is 55.8 Å². The van der Waals surface area contributed by atoms with Crippen molar-refractivity contribution in [3.63, 3.8) is 0 Å². The van der Waals surface area contributed by atoms with Gasteiger partial charge in [0, 0.05) is 13.0 Å². The highest BCUT2D eigenvalue weighted by Crippen LogP contribution is 2.36. The fourth-order valence-corrected chi connectivity index (χ4v) is 3.96. The van der Waals surface area contributed by atoms with Crippen molar-refractivity contribution in [2.75, 3.05) is 13.2 Å². The molecule has 0 radical (unpaired) electrons. The number of cyclic esters (lactones) is 1. The first-order chi connectivity index (χ1) is 12.5. The molecule has 0 bridgehead atoms. The van der Waals surface area contributed by atoms with Crippen molar-refractivity contribution < 1.29 is 18.8 Å². The Labute approximate surface area is 164 Å². The van der Waals surface area contributed by atoms with Gasteiger partial charge in [-0.25, -0.2) is 9.69 Å². The minimum Gasteiger partial charge on any atom is -0.447 e. The van der Waals surface area contributed by atoms with E-state index in [1.165, 1.54) is 4.90 Å². The summed E-state index contributed by atoms with van der Waals surface area (Å²) in [6, 6.07) is 9.63. The molecule has 0 aromatic heterocycles. The molecule has 1 aromatic rings. The van der Waals surface area contributed by atoms with Gasteiger partial charge >= 0.3 is 6.09 Å². The Kier molecular flexibility index (Phi) is 6.86. The fourth-order valence-electron chi connectivity index (χ4n) is 2.82. The molecule has 27 heavy (non-hydrogen) atoms. The predicted octanol–water partition coefficient (Wildman–Crippen LogP) is 4.62. The zero-order chi connectivity index (χ0) is 20.2. The number of imide groups is 1. The van der Waals surface area contributed by atoms with E-state index in [9.17, 15) is 9.59 Å². The van der Waals surface area contributed by atoms with Crippen molar-refractivity contribution in [3.8, 4) is 0 Å². The molecule has 1 saturated heterocycles. The van der Waals surface area contributed by atoms with E-state index in [1.807, 2.05) is 37.3 Å². The summed E-state index contributed by atoms with van der Waals surface area (Å²) in [5, 5.41) is 0.135. The maximum Gasteiger partial charge on any atom is 0.416 e. The highest BCUT2D eigenvalue weighted by atomic mass is 28.4. The number of carbonyl (C=O) groups is 2. The second-order valence-corrected chi connectivity index (χ2v) is 13.9. The number of nitrogens with zero attached hydrogens (tertiary/aromatic N) is 1. The van der Waals surface area contributed by atoms with E-state index < -0.39 is 14.4 Å². The van der Waals surface area contributed by atoms with Crippen LogP contribution in [0.25, 0.3) is 0 Å². The number of amides is 2. The van der Waals surface area contributed by atoms with E-state index in [0.717, 1.165) is 5.56 Å². The number of rotatable bonds is 7. The average molecular weight is 392 g/mol. The van der Waals surface area contributed by atoms with Gasteiger partial charge < -0.3 is 9.16 Å². The van der Waals surface area contributed by atoms with Gasteiger partial charge in [0.1, 0.15) is 6.61 Å². The molecule has 1 aliphatic rings. The smallest absolute Gasteiger partial charge is 0.416 e. The van der Waals surface area contributed by atoms with Gasteiger partial charge in [-0.15, -0.1) is 0 Å². The van der Waals surface area contributed by atoms with E-state index in [4.69, 9.17) is 9.16 Å². The van der Waals surface area contributed by atoms with Crippen LogP contribution in [0.15, 0.2) is 30.3 Å². The van der Waals surface area contributed by atoms with Gasteiger partial charge in [-0.2, -0.15) is 0 Å². The van der Waals surface area contributed by atoms with Crippen molar-refractivity contribution in [2.45, 2.75) is 64.7 Å². The van der Waals surface area contributed by atoms with Crippen molar-refractivity contribution in [3.05, 3.63) is 35.9 Å². The van der Waals surface area contributed by atoms with Crippen LogP contribution in [0.3, 0.4) is 0 Å². The van der Waals surface area contributed by atoms with Gasteiger partial charge in [-0.1, -0.05) is 58.0 Å². The normalized spacial score (nSPS) is 19.1. The van der Waals surface area contributed by atoms with E-state index >= 15 is 0 Å². The highest BCUT2D eigenvalue weighted by molar-refractivity contribution is 6.74. The lowest BCUT2D eigenvalue weighted by molar-refractivity contribution is -0.130. The van der Waals surface area contributed by atoms with Gasteiger partial charge in [0.05, 0.1) is 6.04 Å². The molecule has 0 unspecified atom stereocenters. The summed E-state index contributed by atoms with van der Waals surface area (Å²) in [6.45, 7) is 13.8. The third-order valence-corrected chi connectivity index (χ3v) is 10.1. The standard InChI is InChI=1S/C21H33NO4Si/c1-16(14-26-27(5,6)21(2,3)4)12-19(23)22-18(15-25-20(22)24)13-17-10-8-7-9-11-17/h7-11,16,18H,12-15H2,1-6H3/t16-,18+/m1/s1. The summed E-state index contributed by atoms with van der Waals surface area (Å²) in [5.41, 5.74) is 1.09. The molecule has 2 atom stereocenters. The lowest BCUT2D eigenvalue weighted by atomic mass is 10.0. The minimum atomic E-state index is -1.84. The second-order valence-electron chi connectivity index (χ2n) is 9.06. The van der Waals surface area contributed by atoms with Crippen LogP contribution in [0.5, 0.6) is 0 Å². The quantitative estimate of drug-likeness (QED) is 0.636. The molecular weight excluding hydrogens is 358 g/mol. The third-order valence-electron chi connectivity index (χ3n) is 5.60. The van der Waals surface area contributed by atoms with Crippen molar-refractivity contribution in [1.82, 2.24) is 4.90 Å². The Balaban J connectivity index is 1.93. The zero-order valence-corrected chi connectivity index (χ0v) is 18.5. The number of hydrogen-bond acceptors (Lipinski definition) is 4. The Morgan fingerprint density at radius 3 is 2.52 bits per heavy atom. The van der Waals surface area contributed by atoms with Crippen LogP contribution >= 0.6 is 0 Å². The summed E-state index contributed by atoms with van der Waals surface area (Å²) >= 11 is 0. The molecule has 2 amide bonds. The van der Waals surface area contributed by atoms with Crippen molar-refractivity contribution >= 4 is 20.3 Å². The van der Waals surface area contributed by atoms with Gasteiger partial charge in [0.15, 0.2) is 8.32 Å². The minimum absolute atomic E-state index is 0.0531. The second kappa shape index (κ2) is 8.57. The number of hydrogen-bond donors (Lipinski definition) is 0. The van der Waals surface area contributed by atoms with E-state index in [2.05, 4.69) is 33.9 Å². The van der Waals surface area contributed by atoms with Gasteiger partial charge in [-0.05, 0) is 36.0 Å². The van der Waals surface area contributed by atoms with Crippen LogP contribution in [0.2, 0.25) is 18.1 Å². The van der Waals surface area contributed by atoms with E-state index in [1.54, 1.807) is 0 Å². The van der Waals surface area contributed by atoms with Gasteiger partial charge in [0.25, 0.3) is 0 Å². The monoisotopic (exact) mass is 391 g/mol. The SMILES string of the molecule is C[C@@H](CO[Si](C)(C)C(C)(C)C)CC(=O)N1C(=O)OC[C@@H]1Cc1ccccc1. The molecule has 0 spiro atoms. The Bertz CT molecular complexity index is 654. The first-order valence-corrected chi connectivity index (χ1v) is 12.6. The molecule has 5 nitrogen and oxygen atoms in total. The Morgan fingerprint density at radius 2 is 1.93 bits per heavy atom. The first-order valence-electron chi connectivity index (χ1n) is 9.68. The van der Waals surface area contributed by atoms with E-state index in [0.29, 0.717) is 13.0 Å². The zero-order valence-electron chi connectivity index (χ0n) is 17.5. The molecule has 1 fully saturated rings. The maximum atomic E-state index is 12.8. The molecule has 0 saturated carbocycles. The first kappa shape index (κ1) is 21.6. The van der Waals surface area contributed by atoms with Crippen LogP contribution < -0.4 is 0 Å². The number of ether oxygens (including phenoxy) is 1. The predicted molar refractivity (Wildman–Crippen MR) is 109 cm³/mol. The lowest BCUT2D eigenvalue weighted by Crippen LogP contribution is -2.43. The van der Waals surface area contributed by atoms with Crippen molar-refractivity contribution in [1.29, 1.82) is 0 Å². The molecule has 0 N–H and O–H groups in total. The van der Waals surface area contributed by atoms with Crippen LogP contribution in [0.1, 0.15) is 39.7 Å². The van der Waals surface area contributed by atoms with Gasteiger partial charge in [-0.3, -0.25) is 4.79 Å². The molecule has 1 heterocycles. The summed E-state index contributed by atoms with van der Waals surface area (Å²) < 4.78 is 11.4. The van der Waals surface area contributed by atoms with Crippen LogP contribution in [0, 0.1) is 5.92 Å². The molecule has 150 valence electrons. The molecule has 2 rings (SSSR count). The van der Waals surface area contributed by atoms with Crippen molar-refractivity contribution in [2.24, 2.45) is 5.92 Å². The lowest BCUT2D eigenvalue weighted by Gasteiger charge is -2.37. The molecule has 1 aliphatic heterocycles. The molecule has 6 heteroatoms. The highest BCUT2D eigenvalue weighted by Gasteiger charge is 2.39. The summed E-state index contributed by atoms with van der Waals surface area (Å²) in [4.78, 5) is 26.2. The summed E-state index contributed by atoms with van der Waals surface area (Å²) in [5.74, 6) is -0.123. The van der Waals surface area contributed by atoms with Gasteiger partial charge in [0.2, 0.25) is 5.91 Å². The summed E-state index contributed by atoms with van der Waals surface area (Å²) in [6.07, 6.45) is 0.376. The molecule has 0 aliphatic carbocycles. The third kappa shape index (κ3) is 5.66. The number of carbonyl (C=O) groups excluding carboxylic acids is 2. The Morgan fingerprint density at radius 1 is 1.30 bits per heavy atom. The van der Waals surface area contributed by atoms with Crippen LogP contribution in [-0.4, -0.2) is 44.5 Å². The fraction of sp³-hybridized carbons (Fsp3) is 0.619. The summed E-state index contributed by atoms with van der Waals surface area (Å²) in [7, 11) is -1.84. The van der Waals surface area contributed by atoms with Crippen LogP contribution in [-0.2, 0) is 20.4 Å². The average Bonchev–Trinajstić information content (AvgIpc) is 2.93. The van der Waals surface area contributed by atoms with Crippen LogP contribution in [0.4, 0.5) is 4.79 Å². The maximum absolute atomic E-state index is 12.8.